The van der Waals surface area contributed by atoms with Crippen LogP contribution in [-0.4, -0.2) is 24.4 Å². The first-order chi connectivity index (χ1) is 17.3. The number of carbonyl (C=O) groups is 1. The number of benzene rings is 4. The van der Waals surface area contributed by atoms with Gasteiger partial charge in [-0.1, -0.05) is 54.1 Å². The Morgan fingerprint density at radius 1 is 0.778 bits per heavy atom. The van der Waals surface area contributed by atoms with Gasteiger partial charge in [0.1, 0.15) is 11.5 Å². The van der Waals surface area contributed by atoms with Crippen LogP contribution in [0.4, 0.5) is 5.69 Å². The molecule has 0 saturated carbocycles. The number of Topliss-reactive ketones (excluding diaryl/α,β-unsaturated/α-hetero) is 1. The van der Waals surface area contributed by atoms with Crippen LogP contribution in [0.2, 0.25) is 0 Å². The number of aromatic hydroxyl groups is 2. The van der Waals surface area contributed by atoms with E-state index in [0.717, 1.165) is 5.56 Å². The first kappa shape index (κ1) is 23.4. The molecule has 1 aliphatic heterocycles. The summed E-state index contributed by atoms with van der Waals surface area (Å²) in [5.74, 6) is -0.193. The predicted molar refractivity (Wildman–Crippen MR) is 139 cm³/mol. The Morgan fingerprint density at radius 2 is 1.36 bits per heavy atom. The number of anilines is 1. The minimum absolute atomic E-state index is 0.0262. The molecular formula is C29H23NO5S. The van der Waals surface area contributed by atoms with Gasteiger partial charge in [0.15, 0.2) is 5.78 Å². The van der Waals surface area contributed by atoms with E-state index in [2.05, 4.69) is 0 Å². The molecule has 0 spiro atoms. The van der Waals surface area contributed by atoms with Gasteiger partial charge in [0.25, 0.3) is 10.0 Å². The fourth-order valence-corrected chi connectivity index (χ4v) is 6.00. The molecule has 6 nitrogen and oxygen atoms in total. The quantitative estimate of drug-likeness (QED) is 0.357. The maximum Gasteiger partial charge on any atom is 0.265 e. The van der Waals surface area contributed by atoms with E-state index in [9.17, 15) is 23.4 Å². The minimum Gasteiger partial charge on any atom is -0.508 e. The van der Waals surface area contributed by atoms with Gasteiger partial charge >= 0.3 is 0 Å². The number of hydrogen-bond donors (Lipinski definition) is 2. The van der Waals surface area contributed by atoms with Crippen molar-refractivity contribution >= 4 is 27.6 Å². The second kappa shape index (κ2) is 9.02. The fourth-order valence-electron chi connectivity index (χ4n) is 4.36. The van der Waals surface area contributed by atoms with E-state index in [0.29, 0.717) is 11.1 Å². The Balaban J connectivity index is 1.81. The molecule has 0 aliphatic carbocycles. The Labute approximate surface area is 209 Å². The number of ketones is 1. The van der Waals surface area contributed by atoms with Crippen molar-refractivity contribution in [2.24, 2.45) is 0 Å². The molecular weight excluding hydrogens is 474 g/mol. The number of hydrogen-bond acceptors (Lipinski definition) is 5. The summed E-state index contributed by atoms with van der Waals surface area (Å²) in [4.78, 5) is 13.9. The molecule has 0 saturated heterocycles. The van der Waals surface area contributed by atoms with Crippen molar-refractivity contribution in [2.75, 3.05) is 4.31 Å². The third-order valence-electron chi connectivity index (χ3n) is 6.18. The number of fused-ring (bicyclic) bond motifs is 1. The second-order valence-electron chi connectivity index (χ2n) is 8.65. The smallest absolute Gasteiger partial charge is 0.265 e. The Morgan fingerprint density at radius 3 is 2.00 bits per heavy atom. The monoisotopic (exact) mass is 497 g/mol. The van der Waals surface area contributed by atoms with Crippen molar-refractivity contribution in [3.8, 4) is 11.5 Å². The number of nitrogens with zero attached hydrogens (tertiary/aromatic N) is 1. The second-order valence-corrected chi connectivity index (χ2v) is 10.5. The number of aryl methyl sites for hydroxylation is 1. The van der Waals surface area contributed by atoms with Crippen molar-refractivity contribution in [3.63, 3.8) is 0 Å². The van der Waals surface area contributed by atoms with Crippen LogP contribution < -0.4 is 4.31 Å². The van der Waals surface area contributed by atoms with Gasteiger partial charge in [-0.05, 0) is 72.7 Å². The number of para-hydroxylation sites is 1. The summed E-state index contributed by atoms with van der Waals surface area (Å²) in [5, 5.41) is 19.6. The van der Waals surface area contributed by atoms with Crippen molar-refractivity contribution in [2.45, 2.75) is 17.9 Å². The van der Waals surface area contributed by atoms with Crippen LogP contribution >= 0.6 is 0 Å². The average molecular weight is 498 g/mol. The zero-order valence-electron chi connectivity index (χ0n) is 19.4. The molecule has 0 aromatic heterocycles. The first-order valence-corrected chi connectivity index (χ1v) is 12.7. The van der Waals surface area contributed by atoms with Gasteiger partial charge in [-0.2, -0.15) is 0 Å². The van der Waals surface area contributed by atoms with Crippen LogP contribution in [0.15, 0.2) is 108 Å². The maximum atomic E-state index is 14.2. The summed E-state index contributed by atoms with van der Waals surface area (Å²) in [6.45, 7) is 1.88. The highest BCUT2D eigenvalue weighted by molar-refractivity contribution is 7.92. The summed E-state index contributed by atoms with van der Waals surface area (Å²) >= 11 is 0. The van der Waals surface area contributed by atoms with Crippen molar-refractivity contribution in [1.29, 1.82) is 0 Å². The molecule has 0 bridgehead atoms. The van der Waals surface area contributed by atoms with Crippen LogP contribution in [0.1, 0.15) is 33.1 Å². The van der Waals surface area contributed by atoms with E-state index in [1.165, 1.54) is 28.6 Å². The summed E-state index contributed by atoms with van der Waals surface area (Å²) < 4.78 is 29.6. The summed E-state index contributed by atoms with van der Waals surface area (Å²) in [6, 6.07) is 24.7. The van der Waals surface area contributed by atoms with Crippen LogP contribution in [-0.2, 0) is 10.0 Å². The van der Waals surface area contributed by atoms with Gasteiger partial charge in [0, 0.05) is 11.1 Å². The predicted octanol–water partition coefficient (Wildman–Crippen LogP) is 5.62. The number of carbonyl (C=O) groups excluding carboxylic acids is 1. The lowest BCUT2D eigenvalue weighted by molar-refractivity contribution is 0.102. The minimum atomic E-state index is -4.12. The van der Waals surface area contributed by atoms with Crippen LogP contribution in [0.25, 0.3) is 6.08 Å². The lowest BCUT2D eigenvalue weighted by Gasteiger charge is -2.39. The van der Waals surface area contributed by atoms with Crippen molar-refractivity contribution in [1.82, 2.24) is 0 Å². The average Bonchev–Trinajstić information content (AvgIpc) is 2.87. The molecule has 1 heterocycles. The molecule has 0 radical (unpaired) electrons. The zero-order chi connectivity index (χ0) is 25.4. The molecule has 4 aromatic carbocycles. The maximum absolute atomic E-state index is 14.2. The van der Waals surface area contributed by atoms with Crippen LogP contribution in [0.5, 0.6) is 11.5 Å². The van der Waals surface area contributed by atoms with Gasteiger partial charge in [-0.25, -0.2) is 8.42 Å². The normalized spacial score (nSPS) is 16.7. The molecule has 7 heteroatoms. The van der Waals surface area contributed by atoms with E-state index < -0.39 is 16.1 Å². The molecule has 36 heavy (non-hydrogen) atoms. The Bertz CT molecular complexity index is 1570. The third-order valence-corrected chi connectivity index (χ3v) is 7.97. The number of sulfonamides is 1. The highest BCUT2D eigenvalue weighted by Crippen LogP contribution is 2.45. The van der Waals surface area contributed by atoms with Gasteiger partial charge in [-0.15, -0.1) is 0 Å². The molecule has 0 fully saturated rings. The van der Waals surface area contributed by atoms with Crippen molar-refractivity contribution < 1.29 is 23.4 Å². The molecule has 0 amide bonds. The first-order valence-electron chi connectivity index (χ1n) is 11.3. The molecule has 1 unspecified atom stereocenters. The summed E-state index contributed by atoms with van der Waals surface area (Å²) in [6.07, 6.45) is 1.65. The van der Waals surface area contributed by atoms with Crippen molar-refractivity contribution in [3.05, 3.63) is 125 Å². The Kier molecular flexibility index (Phi) is 5.86. The highest BCUT2D eigenvalue weighted by atomic mass is 32.2. The third kappa shape index (κ3) is 4.14. The van der Waals surface area contributed by atoms with Gasteiger partial charge in [-0.3, -0.25) is 9.10 Å². The standard InChI is InChI=1S/C29H23NO5S/c1-19-6-16-24(17-7-19)36(34,35)30-27-5-3-2-4-25(27)29(33)26(18-20-8-12-22(31)13-9-20)28(30)21-10-14-23(32)15-11-21/h2-18,28,31-32H,1H3/b26-18+. The molecule has 180 valence electrons. The van der Waals surface area contributed by atoms with E-state index in [4.69, 9.17) is 0 Å². The van der Waals surface area contributed by atoms with E-state index in [-0.39, 0.29) is 39.0 Å². The number of phenolic OH excluding ortho intramolecular Hbond substituents is 2. The topological polar surface area (TPSA) is 94.9 Å². The number of phenols is 2. The lowest BCUT2D eigenvalue weighted by Crippen LogP contribution is -2.41. The number of rotatable bonds is 4. The van der Waals surface area contributed by atoms with Gasteiger partial charge in [0.05, 0.1) is 16.6 Å². The fraction of sp³-hybridized carbons (Fsp3) is 0.0690. The largest absolute Gasteiger partial charge is 0.508 e. The molecule has 1 aliphatic rings. The van der Waals surface area contributed by atoms with E-state index >= 15 is 0 Å². The van der Waals surface area contributed by atoms with Crippen LogP contribution in [0, 0.1) is 6.92 Å². The lowest BCUT2D eigenvalue weighted by atomic mass is 9.86. The van der Waals surface area contributed by atoms with Crippen LogP contribution in [0.3, 0.4) is 0 Å². The SMILES string of the molecule is Cc1ccc(S(=O)(=O)N2c3ccccc3C(=O)/C(=C/c3ccc(O)cc3)C2c2ccc(O)cc2)cc1. The van der Waals surface area contributed by atoms with E-state index in [1.807, 2.05) is 6.92 Å². The van der Waals surface area contributed by atoms with E-state index in [1.54, 1.807) is 78.9 Å². The van der Waals surface area contributed by atoms with Gasteiger partial charge < -0.3 is 10.2 Å². The van der Waals surface area contributed by atoms with Gasteiger partial charge in [0.2, 0.25) is 0 Å². The molecule has 2 N–H and O–H groups in total. The summed E-state index contributed by atoms with van der Waals surface area (Å²) in [5.41, 5.74) is 2.88. The molecule has 4 aromatic rings. The highest BCUT2D eigenvalue weighted by Gasteiger charge is 2.43. The molecule has 1 atom stereocenters. The summed E-state index contributed by atoms with van der Waals surface area (Å²) in [7, 11) is -4.12. The Hall–Kier alpha value is -4.36. The zero-order valence-corrected chi connectivity index (χ0v) is 20.2. The molecule has 5 rings (SSSR count).